The fourth-order valence-electron chi connectivity index (χ4n) is 1.17. The van der Waals surface area contributed by atoms with Gasteiger partial charge in [0.2, 0.25) is 0 Å². The van der Waals surface area contributed by atoms with Crippen LogP contribution in [0.4, 0.5) is 5.82 Å². The van der Waals surface area contributed by atoms with E-state index in [2.05, 4.69) is 32.6 Å². The third-order valence-corrected chi connectivity index (χ3v) is 3.75. The molecule has 0 fully saturated rings. The van der Waals surface area contributed by atoms with Crippen LogP contribution in [-0.4, -0.2) is 20.9 Å². The third-order valence-electron chi connectivity index (χ3n) is 1.89. The van der Waals surface area contributed by atoms with Gasteiger partial charge in [-0.15, -0.1) is 0 Å². The zero-order valence-electron chi connectivity index (χ0n) is 8.88. The van der Waals surface area contributed by atoms with Crippen molar-refractivity contribution in [3.63, 3.8) is 0 Å². The first kappa shape index (κ1) is 11.3. The monoisotopic (exact) mass is 252 g/mol. The third kappa shape index (κ3) is 3.18. The second-order valence-corrected chi connectivity index (χ2v) is 5.08. The first-order valence-corrected chi connectivity index (χ1v) is 6.72. The summed E-state index contributed by atoms with van der Waals surface area (Å²) in [4.78, 5) is 8.43. The number of rotatable bonds is 5. The summed E-state index contributed by atoms with van der Waals surface area (Å²) in [6, 6.07) is 4.08. The van der Waals surface area contributed by atoms with Gasteiger partial charge >= 0.3 is 0 Å². The molecule has 0 saturated carbocycles. The molecule has 84 valence electrons. The van der Waals surface area contributed by atoms with Gasteiger partial charge in [0, 0.05) is 18.5 Å². The van der Waals surface area contributed by atoms with Crippen molar-refractivity contribution in [2.45, 2.75) is 17.0 Å². The molecule has 0 unspecified atom stereocenters. The maximum Gasteiger partial charge on any atom is 0.170 e. The van der Waals surface area contributed by atoms with E-state index < -0.39 is 0 Å². The van der Waals surface area contributed by atoms with Crippen molar-refractivity contribution < 1.29 is 0 Å². The highest BCUT2D eigenvalue weighted by molar-refractivity contribution is 8.00. The molecule has 4 nitrogen and oxygen atoms in total. The lowest BCUT2D eigenvalue weighted by Gasteiger charge is -2.03. The Morgan fingerprint density at radius 1 is 1.38 bits per heavy atom. The number of pyridine rings is 1. The van der Waals surface area contributed by atoms with Crippen molar-refractivity contribution >= 4 is 29.1 Å². The Hall–Kier alpha value is -1.14. The van der Waals surface area contributed by atoms with Crippen LogP contribution >= 0.6 is 23.3 Å². The molecule has 2 aromatic rings. The van der Waals surface area contributed by atoms with Crippen LogP contribution in [0.1, 0.15) is 12.5 Å². The largest absolute Gasteiger partial charge is 0.370 e. The Morgan fingerprint density at radius 2 is 2.31 bits per heavy atom. The summed E-state index contributed by atoms with van der Waals surface area (Å²) in [7, 11) is 0. The van der Waals surface area contributed by atoms with Crippen LogP contribution in [-0.2, 0) is 5.75 Å². The zero-order chi connectivity index (χ0) is 11.2. The first-order chi connectivity index (χ1) is 7.88. The van der Waals surface area contributed by atoms with Gasteiger partial charge in [0.15, 0.2) is 4.34 Å². The molecule has 2 rings (SSSR count). The van der Waals surface area contributed by atoms with Crippen LogP contribution in [0.2, 0.25) is 0 Å². The number of nitrogens with zero attached hydrogens (tertiary/aromatic N) is 3. The van der Waals surface area contributed by atoms with Crippen LogP contribution in [0.15, 0.2) is 29.0 Å². The quantitative estimate of drug-likeness (QED) is 0.829. The summed E-state index contributed by atoms with van der Waals surface area (Å²) in [5.41, 5.74) is 1.20. The standard InChI is InChI=1S/C10H12N4S2/c1-2-11-9-4-3-8(5-12-9)6-15-10-13-7-14-16-10/h3-5,7H,2,6H2,1H3,(H,11,12). The Morgan fingerprint density at radius 3 is 2.94 bits per heavy atom. The van der Waals surface area contributed by atoms with E-state index in [0.717, 1.165) is 22.5 Å². The molecule has 6 heteroatoms. The second kappa shape index (κ2) is 5.81. The van der Waals surface area contributed by atoms with Crippen molar-refractivity contribution in [3.05, 3.63) is 30.2 Å². The van der Waals surface area contributed by atoms with Gasteiger partial charge in [-0.25, -0.2) is 9.97 Å². The summed E-state index contributed by atoms with van der Waals surface area (Å²) in [6.07, 6.45) is 3.48. The highest BCUT2D eigenvalue weighted by Gasteiger charge is 2.00. The summed E-state index contributed by atoms with van der Waals surface area (Å²) >= 11 is 3.11. The van der Waals surface area contributed by atoms with Gasteiger partial charge in [-0.05, 0) is 30.1 Å². The summed E-state index contributed by atoms with van der Waals surface area (Å²) < 4.78 is 4.95. The molecule has 1 N–H and O–H groups in total. The molecule has 0 amide bonds. The molecule has 0 radical (unpaired) electrons. The number of thioether (sulfide) groups is 1. The molecule has 0 saturated heterocycles. The molecule has 0 aromatic carbocycles. The van der Waals surface area contributed by atoms with Crippen molar-refractivity contribution in [1.82, 2.24) is 14.3 Å². The normalized spacial score (nSPS) is 10.3. The van der Waals surface area contributed by atoms with Gasteiger partial charge in [-0.3, -0.25) is 0 Å². The molecule has 0 bridgehead atoms. The summed E-state index contributed by atoms with van der Waals surface area (Å²) in [5.74, 6) is 1.81. The molecule has 0 aliphatic carbocycles. The SMILES string of the molecule is CCNc1ccc(CSc2ncns2)cn1. The highest BCUT2D eigenvalue weighted by Crippen LogP contribution is 2.22. The minimum atomic E-state index is 0.884. The van der Waals surface area contributed by atoms with E-state index in [1.807, 2.05) is 12.3 Å². The summed E-state index contributed by atoms with van der Waals surface area (Å²) in [5, 5.41) is 3.17. The topological polar surface area (TPSA) is 50.7 Å². The predicted molar refractivity (Wildman–Crippen MR) is 67.9 cm³/mol. The van der Waals surface area contributed by atoms with E-state index in [0.29, 0.717) is 0 Å². The lowest BCUT2D eigenvalue weighted by atomic mass is 10.3. The lowest BCUT2D eigenvalue weighted by molar-refractivity contribution is 1.14. The molecule has 16 heavy (non-hydrogen) atoms. The van der Waals surface area contributed by atoms with Crippen molar-refractivity contribution in [1.29, 1.82) is 0 Å². The van der Waals surface area contributed by atoms with Gasteiger partial charge in [-0.1, -0.05) is 17.8 Å². The van der Waals surface area contributed by atoms with E-state index in [1.165, 1.54) is 17.1 Å². The number of aromatic nitrogens is 3. The van der Waals surface area contributed by atoms with Crippen LogP contribution in [0.5, 0.6) is 0 Å². The minimum absolute atomic E-state index is 0.884. The molecule has 0 atom stereocenters. The smallest absolute Gasteiger partial charge is 0.170 e. The fraction of sp³-hybridized carbons (Fsp3) is 0.300. The Labute approximate surface area is 103 Å². The number of anilines is 1. The Balaban J connectivity index is 1.90. The Bertz CT molecular complexity index is 413. The first-order valence-electron chi connectivity index (χ1n) is 4.96. The average molecular weight is 252 g/mol. The highest BCUT2D eigenvalue weighted by atomic mass is 32.2. The predicted octanol–water partition coefficient (Wildman–Crippen LogP) is 2.66. The zero-order valence-corrected chi connectivity index (χ0v) is 10.5. The number of nitrogens with one attached hydrogen (secondary N) is 1. The molecule has 0 spiro atoms. The molecule has 0 aliphatic heterocycles. The van der Waals surface area contributed by atoms with Crippen molar-refractivity contribution in [3.8, 4) is 0 Å². The average Bonchev–Trinajstić information content (AvgIpc) is 2.82. The van der Waals surface area contributed by atoms with Crippen LogP contribution < -0.4 is 5.32 Å². The summed E-state index contributed by atoms with van der Waals surface area (Å²) in [6.45, 7) is 2.95. The van der Waals surface area contributed by atoms with E-state index in [4.69, 9.17) is 0 Å². The van der Waals surface area contributed by atoms with Crippen LogP contribution in [0, 0.1) is 0 Å². The van der Waals surface area contributed by atoms with E-state index in [-0.39, 0.29) is 0 Å². The number of hydrogen-bond donors (Lipinski definition) is 1. The van der Waals surface area contributed by atoms with Crippen LogP contribution in [0.3, 0.4) is 0 Å². The molecule has 2 heterocycles. The van der Waals surface area contributed by atoms with Gasteiger partial charge in [0.05, 0.1) is 0 Å². The maximum atomic E-state index is 4.31. The fourth-order valence-corrected chi connectivity index (χ4v) is 2.55. The van der Waals surface area contributed by atoms with E-state index >= 15 is 0 Å². The second-order valence-electron chi connectivity index (χ2n) is 3.08. The number of hydrogen-bond acceptors (Lipinski definition) is 6. The molecule has 0 aliphatic rings. The van der Waals surface area contributed by atoms with Crippen molar-refractivity contribution in [2.75, 3.05) is 11.9 Å². The van der Waals surface area contributed by atoms with Gasteiger partial charge in [-0.2, -0.15) is 4.37 Å². The molecule has 2 aromatic heterocycles. The molecular formula is C10H12N4S2. The molecular weight excluding hydrogens is 240 g/mol. The van der Waals surface area contributed by atoms with E-state index in [1.54, 1.807) is 18.1 Å². The van der Waals surface area contributed by atoms with Gasteiger partial charge in [0.25, 0.3) is 0 Å². The lowest BCUT2D eigenvalue weighted by Crippen LogP contribution is -1.98. The minimum Gasteiger partial charge on any atom is -0.370 e. The van der Waals surface area contributed by atoms with Gasteiger partial charge in [0.1, 0.15) is 12.1 Å². The van der Waals surface area contributed by atoms with Crippen LogP contribution in [0.25, 0.3) is 0 Å². The van der Waals surface area contributed by atoms with Crippen molar-refractivity contribution in [2.24, 2.45) is 0 Å². The van der Waals surface area contributed by atoms with Gasteiger partial charge < -0.3 is 5.32 Å². The Kier molecular flexibility index (Phi) is 4.12. The van der Waals surface area contributed by atoms with E-state index in [9.17, 15) is 0 Å². The maximum absolute atomic E-state index is 4.31.